The lowest BCUT2D eigenvalue weighted by molar-refractivity contribution is -0.121. The Morgan fingerprint density at radius 2 is 2.32 bits per heavy atom. The largest absolute Gasteiger partial charge is 0.376 e. The van der Waals surface area contributed by atoms with Crippen molar-refractivity contribution in [3.63, 3.8) is 0 Å². The normalized spacial score (nSPS) is 20.5. The van der Waals surface area contributed by atoms with Gasteiger partial charge in [-0.3, -0.25) is 9.48 Å². The predicted octanol–water partition coefficient (Wildman–Crippen LogP) is 1.26. The molecule has 0 radical (unpaired) electrons. The molecule has 106 valence electrons. The molecular weight excluding hydrogens is 242 g/mol. The first-order valence-corrected chi connectivity index (χ1v) is 6.89. The van der Waals surface area contributed by atoms with Gasteiger partial charge in [-0.05, 0) is 33.6 Å². The molecule has 1 saturated heterocycles. The Hall–Kier alpha value is -1.36. The van der Waals surface area contributed by atoms with Crippen LogP contribution in [0.1, 0.15) is 36.7 Å². The molecule has 1 aliphatic rings. The Morgan fingerprint density at radius 3 is 2.84 bits per heavy atom. The Labute approximate surface area is 114 Å². The molecule has 2 rings (SSSR count). The molecule has 1 aromatic heterocycles. The number of hydrogen-bond donors (Lipinski definition) is 1. The van der Waals surface area contributed by atoms with Crippen molar-refractivity contribution in [3.8, 4) is 0 Å². The molecule has 1 N–H and O–H groups in total. The summed E-state index contributed by atoms with van der Waals surface area (Å²) in [5.74, 6) is 0.0437. The first-order valence-electron chi connectivity index (χ1n) is 6.89. The molecular formula is C14H23N3O2. The summed E-state index contributed by atoms with van der Waals surface area (Å²) < 4.78 is 7.41. The van der Waals surface area contributed by atoms with Gasteiger partial charge in [-0.2, -0.15) is 5.10 Å². The number of amides is 1. The van der Waals surface area contributed by atoms with Crippen molar-refractivity contribution in [2.75, 3.05) is 6.61 Å². The zero-order chi connectivity index (χ0) is 14.0. The second-order valence-electron chi connectivity index (χ2n) is 5.36. The molecule has 5 heteroatoms. The van der Waals surface area contributed by atoms with Crippen molar-refractivity contribution >= 4 is 5.91 Å². The third-order valence-corrected chi connectivity index (χ3v) is 3.91. The van der Waals surface area contributed by atoms with Gasteiger partial charge in [0.25, 0.3) is 0 Å². The number of rotatable bonds is 4. The Balaban J connectivity index is 1.93. The molecule has 1 amide bonds. The zero-order valence-corrected chi connectivity index (χ0v) is 12.2. The van der Waals surface area contributed by atoms with Gasteiger partial charge in [0.15, 0.2) is 0 Å². The van der Waals surface area contributed by atoms with Gasteiger partial charge in [-0.1, -0.05) is 0 Å². The number of nitrogens with zero attached hydrogens (tertiary/aromatic N) is 2. The van der Waals surface area contributed by atoms with Crippen LogP contribution in [0.5, 0.6) is 0 Å². The van der Waals surface area contributed by atoms with Crippen LogP contribution >= 0.6 is 0 Å². The van der Waals surface area contributed by atoms with Crippen LogP contribution in [0.25, 0.3) is 0 Å². The van der Waals surface area contributed by atoms with Crippen LogP contribution in [0.3, 0.4) is 0 Å². The summed E-state index contributed by atoms with van der Waals surface area (Å²) >= 11 is 0. The summed E-state index contributed by atoms with van der Waals surface area (Å²) in [6, 6.07) is 0.0762. The standard InChI is InChI=1S/C14H23N3O2/c1-9-12(11(3)17(4)16-9)8-14(18)15-10(2)13-6-5-7-19-13/h10,13H,5-8H2,1-4H3,(H,15,18). The van der Waals surface area contributed by atoms with Crippen LogP contribution in [0, 0.1) is 13.8 Å². The summed E-state index contributed by atoms with van der Waals surface area (Å²) in [6.45, 7) is 6.76. The van der Waals surface area contributed by atoms with Gasteiger partial charge in [-0.25, -0.2) is 0 Å². The summed E-state index contributed by atoms with van der Waals surface area (Å²) in [6.07, 6.45) is 2.68. The van der Waals surface area contributed by atoms with E-state index >= 15 is 0 Å². The van der Waals surface area contributed by atoms with E-state index in [-0.39, 0.29) is 18.1 Å². The minimum absolute atomic E-state index is 0.0437. The molecule has 2 unspecified atom stereocenters. The average Bonchev–Trinajstić information content (AvgIpc) is 2.94. The number of ether oxygens (including phenoxy) is 1. The van der Waals surface area contributed by atoms with Crippen molar-refractivity contribution in [1.29, 1.82) is 0 Å². The summed E-state index contributed by atoms with van der Waals surface area (Å²) in [5.41, 5.74) is 3.01. The van der Waals surface area contributed by atoms with E-state index in [0.29, 0.717) is 6.42 Å². The van der Waals surface area contributed by atoms with E-state index in [1.807, 2.05) is 32.5 Å². The lowest BCUT2D eigenvalue weighted by Crippen LogP contribution is -2.41. The highest BCUT2D eigenvalue weighted by Gasteiger charge is 2.24. The van der Waals surface area contributed by atoms with Crippen molar-refractivity contribution in [3.05, 3.63) is 17.0 Å². The minimum Gasteiger partial charge on any atom is -0.376 e. The number of hydrogen-bond acceptors (Lipinski definition) is 3. The Bertz CT molecular complexity index is 462. The molecule has 2 atom stereocenters. The molecule has 2 heterocycles. The lowest BCUT2D eigenvalue weighted by Gasteiger charge is -2.20. The second kappa shape index (κ2) is 5.74. The van der Waals surface area contributed by atoms with Crippen LogP contribution in [-0.2, 0) is 23.0 Å². The highest BCUT2D eigenvalue weighted by atomic mass is 16.5. The zero-order valence-electron chi connectivity index (χ0n) is 12.2. The third kappa shape index (κ3) is 3.15. The molecule has 0 aliphatic carbocycles. The van der Waals surface area contributed by atoms with E-state index in [1.165, 1.54) is 0 Å². The van der Waals surface area contributed by atoms with Gasteiger partial charge in [0, 0.05) is 24.9 Å². The predicted molar refractivity (Wildman–Crippen MR) is 73.0 cm³/mol. The first kappa shape index (κ1) is 14.1. The van der Waals surface area contributed by atoms with Gasteiger partial charge >= 0.3 is 0 Å². The maximum absolute atomic E-state index is 12.1. The molecule has 1 aromatic rings. The van der Waals surface area contributed by atoms with Crippen molar-refractivity contribution in [1.82, 2.24) is 15.1 Å². The average molecular weight is 265 g/mol. The van der Waals surface area contributed by atoms with E-state index in [0.717, 1.165) is 36.4 Å². The van der Waals surface area contributed by atoms with Crippen molar-refractivity contribution in [2.24, 2.45) is 7.05 Å². The van der Waals surface area contributed by atoms with E-state index in [1.54, 1.807) is 0 Å². The fraction of sp³-hybridized carbons (Fsp3) is 0.714. The highest BCUT2D eigenvalue weighted by Crippen LogP contribution is 2.16. The number of carbonyl (C=O) groups is 1. The molecule has 1 fully saturated rings. The third-order valence-electron chi connectivity index (χ3n) is 3.91. The quantitative estimate of drug-likeness (QED) is 0.891. The topological polar surface area (TPSA) is 56.2 Å². The molecule has 1 aliphatic heterocycles. The monoisotopic (exact) mass is 265 g/mol. The fourth-order valence-electron chi connectivity index (χ4n) is 2.63. The van der Waals surface area contributed by atoms with E-state index in [2.05, 4.69) is 10.4 Å². The maximum atomic E-state index is 12.1. The first-order chi connectivity index (χ1) is 8.99. The molecule has 0 spiro atoms. The van der Waals surface area contributed by atoms with Crippen molar-refractivity contribution in [2.45, 2.75) is 52.2 Å². The lowest BCUT2D eigenvalue weighted by atomic mass is 10.1. The molecule has 0 saturated carbocycles. The second-order valence-corrected chi connectivity index (χ2v) is 5.36. The SMILES string of the molecule is Cc1nn(C)c(C)c1CC(=O)NC(C)C1CCCO1. The van der Waals surface area contributed by atoms with Crippen LogP contribution in [0.2, 0.25) is 0 Å². The van der Waals surface area contributed by atoms with Crippen LogP contribution in [0.15, 0.2) is 0 Å². The molecule has 0 aromatic carbocycles. The van der Waals surface area contributed by atoms with Gasteiger partial charge in [0.1, 0.15) is 0 Å². The van der Waals surface area contributed by atoms with E-state index in [4.69, 9.17) is 4.74 Å². The number of carbonyl (C=O) groups excluding carboxylic acids is 1. The smallest absolute Gasteiger partial charge is 0.224 e. The number of aromatic nitrogens is 2. The van der Waals surface area contributed by atoms with Gasteiger partial charge < -0.3 is 10.1 Å². The molecule has 0 bridgehead atoms. The van der Waals surface area contributed by atoms with E-state index in [9.17, 15) is 4.79 Å². The number of aryl methyl sites for hydroxylation is 2. The van der Waals surface area contributed by atoms with E-state index < -0.39 is 0 Å². The summed E-state index contributed by atoms with van der Waals surface area (Å²) in [5, 5.41) is 7.37. The fourth-order valence-corrected chi connectivity index (χ4v) is 2.63. The van der Waals surface area contributed by atoms with Gasteiger partial charge in [0.05, 0.1) is 24.3 Å². The summed E-state index contributed by atoms with van der Waals surface area (Å²) in [4.78, 5) is 12.1. The Kier molecular flexibility index (Phi) is 4.24. The Morgan fingerprint density at radius 1 is 1.58 bits per heavy atom. The van der Waals surface area contributed by atoms with Crippen LogP contribution in [0.4, 0.5) is 0 Å². The molecule has 5 nitrogen and oxygen atoms in total. The highest BCUT2D eigenvalue weighted by molar-refractivity contribution is 5.79. The van der Waals surface area contributed by atoms with Crippen LogP contribution in [-0.4, -0.2) is 34.4 Å². The van der Waals surface area contributed by atoms with Gasteiger partial charge in [-0.15, -0.1) is 0 Å². The minimum atomic E-state index is 0.0437. The number of nitrogens with one attached hydrogen (secondary N) is 1. The van der Waals surface area contributed by atoms with Crippen LogP contribution < -0.4 is 5.32 Å². The molecule has 19 heavy (non-hydrogen) atoms. The maximum Gasteiger partial charge on any atom is 0.224 e. The van der Waals surface area contributed by atoms with Crippen molar-refractivity contribution < 1.29 is 9.53 Å². The summed E-state index contributed by atoms with van der Waals surface area (Å²) in [7, 11) is 1.90. The van der Waals surface area contributed by atoms with Gasteiger partial charge in [0.2, 0.25) is 5.91 Å².